The van der Waals surface area contributed by atoms with Crippen LogP contribution >= 0.6 is 34.5 Å². The Hall–Kier alpha value is -1.83. The molecular weight excluding hydrogens is 383 g/mol. The lowest BCUT2D eigenvalue weighted by atomic mass is 10.2. The van der Waals surface area contributed by atoms with Crippen LogP contribution in [0.2, 0.25) is 10.0 Å². The number of aromatic nitrogens is 1. The summed E-state index contributed by atoms with van der Waals surface area (Å²) in [6.45, 7) is 2.01. The first-order valence-electron chi connectivity index (χ1n) is 7.70. The smallest absolute Gasteiger partial charge is 0.314 e. The van der Waals surface area contributed by atoms with Crippen molar-refractivity contribution in [3.05, 3.63) is 39.3 Å². The zero-order valence-electron chi connectivity index (χ0n) is 13.2. The van der Waals surface area contributed by atoms with Crippen LogP contribution in [0.3, 0.4) is 0 Å². The summed E-state index contributed by atoms with van der Waals surface area (Å²) in [6.07, 6.45) is 0.693. The molecule has 9 heteroatoms. The molecule has 0 spiro atoms. The normalized spacial score (nSPS) is 15.1. The quantitative estimate of drug-likeness (QED) is 0.841. The molecule has 3 amide bonds. The SMILES string of the molecule is NC(=O)N1CCCN(C(=O)c2csc(-c3ccc(Cl)c(Cl)c3)n2)CC1. The lowest BCUT2D eigenvalue weighted by Crippen LogP contribution is -2.39. The van der Waals surface area contributed by atoms with Gasteiger partial charge in [0.1, 0.15) is 10.7 Å². The fraction of sp³-hybridized carbons (Fsp3) is 0.312. The number of nitrogens with two attached hydrogens (primary N) is 1. The molecule has 0 unspecified atom stereocenters. The number of hydrogen-bond acceptors (Lipinski definition) is 4. The van der Waals surface area contributed by atoms with Gasteiger partial charge in [-0.1, -0.05) is 29.3 Å². The molecule has 0 saturated carbocycles. The van der Waals surface area contributed by atoms with Crippen LogP contribution in [0.15, 0.2) is 23.6 Å². The molecule has 1 aromatic heterocycles. The summed E-state index contributed by atoms with van der Waals surface area (Å²) in [7, 11) is 0. The van der Waals surface area contributed by atoms with Gasteiger partial charge in [0.2, 0.25) is 0 Å². The van der Waals surface area contributed by atoms with Gasteiger partial charge in [0.05, 0.1) is 10.0 Å². The summed E-state index contributed by atoms with van der Waals surface area (Å²) in [5, 5.41) is 3.36. The Kier molecular flexibility index (Phi) is 5.46. The molecule has 2 heterocycles. The first-order chi connectivity index (χ1) is 12.0. The molecule has 1 saturated heterocycles. The second-order valence-corrected chi connectivity index (χ2v) is 7.31. The molecule has 25 heavy (non-hydrogen) atoms. The van der Waals surface area contributed by atoms with Gasteiger partial charge < -0.3 is 15.5 Å². The maximum atomic E-state index is 12.7. The van der Waals surface area contributed by atoms with Gasteiger partial charge in [-0.25, -0.2) is 9.78 Å². The first kappa shape index (κ1) is 18.0. The lowest BCUT2D eigenvalue weighted by molar-refractivity contribution is 0.0757. The second-order valence-electron chi connectivity index (χ2n) is 5.64. The van der Waals surface area contributed by atoms with Gasteiger partial charge in [0, 0.05) is 37.1 Å². The van der Waals surface area contributed by atoms with E-state index in [1.807, 2.05) is 6.07 Å². The van der Waals surface area contributed by atoms with Crippen molar-refractivity contribution in [3.8, 4) is 10.6 Å². The molecule has 0 radical (unpaired) electrons. The van der Waals surface area contributed by atoms with Crippen molar-refractivity contribution in [1.29, 1.82) is 0 Å². The summed E-state index contributed by atoms with van der Waals surface area (Å²) in [4.78, 5) is 31.6. The van der Waals surface area contributed by atoms with Crippen molar-refractivity contribution in [2.45, 2.75) is 6.42 Å². The number of urea groups is 1. The molecular formula is C16H16Cl2N4O2S. The van der Waals surface area contributed by atoms with Crippen molar-refractivity contribution >= 4 is 46.5 Å². The number of primary amides is 1. The fourth-order valence-electron chi connectivity index (χ4n) is 2.64. The minimum absolute atomic E-state index is 0.145. The molecule has 2 aromatic rings. The number of nitrogens with zero attached hydrogens (tertiary/aromatic N) is 3. The minimum atomic E-state index is -0.454. The van der Waals surface area contributed by atoms with E-state index in [-0.39, 0.29) is 5.91 Å². The number of amides is 3. The van der Waals surface area contributed by atoms with Crippen LogP contribution in [0, 0.1) is 0 Å². The standard InChI is InChI=1S/C16H16Cl2N4O2S/c17-11-3-2-10(8-12(11)18)14-20-13(9-25-14)15(23)21-4-1-5-22(7-6-21)16(19)24/h2-3,8-9H,1,4-7H2,(H2,19,24). The van der Waals surface area contributed by atoms with Gasteiger partial charge in [-0.2, -0.15) is 0 Å². The van der Waals surface area contributed by atoms with Crippen LogP contribution in [-0.2, 0) is 0 Å². The van der Waals surface area contributed by atoms with E-state index in [0.717, 1.165) is 5.56 Å². The van der Waals surface area contributed by atoms with Crippen molar-refractivity contribution in [3.63, 3.8) is 0 Å². The molecule has 0 atom stereocenters. The highest BCUT2D eigenvalue weighted by Gasteiger charge is 2.23. The molecule has 6 nitrogen and oxygen atoms in total. The monoisotopic (exact) mass is 398 g/mol. The van der Waals surface area contributed by atoms with Gasteiger partial charge in [0.25, 0.3) is 5.91 Å². The van der Waals surface area contributed by atoms with Crippen LogP contribution in [0.1, 0.15) is 16.9 Å². The third-order valence-electron chi connectivity index (χ3n) is 3.98. The zero-order chi connectivity index (χ0) is 18.0. The molecule has 3 rings (SSSR count). The predicted octanol–water partition coefficient (Wildman–Crippen LogP) is 3.34. The van der Waals surface area contributed by atoms with Crippen LogP contribution in [0.5, 0.6) is 0 Å². The Morgan fingerprint density at radius 1 is 1.08 bits per heavy atom. The topological polar surface area (TPSA) is 79.5 Å². The number of halogens is 2. The first-order valence-corrected chi connectivity index (χ1v) is 9.34. The van der Waals surface area contributed by atoms with E-state index >= 15 is 0 Å². The van der Waals surface area contributed by atoms with Crippen molar-refractivity contribution in [2.24, 2.45) is 5.73 Å². The highest BCUT2D eigenvalue weighted by Crippen LogP contribution is 2.30. The molecule has 132 valence electrons. The number of rotatable bonds is 2. The predicted molar refractivity (Wildman–Crippen MR) is 99.2 cm³/mol. The Morgan fingerprint density at radius 2 is 1.80 bits per heavy atom. The molecule has 0 aliphatic carbocycles. The zero-order valence-corrected chi connectivity index (χ0v) is 15.6. The molecule has 2 N–H and O–H groups in total. The number of benzene rings is 1. The Morgan fingerprint density at radius 3 is 2.52 bits per heavy atom. The van der Waals surface area contributed by atoms with Gasteiger partial charge in [-0.05, 0) is 18.6 Å². The average Bonchev–Trinajstić information content (AvgIpc) is 2.94. The van der Waals surface area contributed by atoms with Crippen molar-refractivity contribution in [2.75, 3.05) is 26.2 Å². The van der Waals surface area contributed by atoms with E-state index in [1.165, 1.54) is 11.3 Å². The van der Waals surface area contributed by atoms with E-state index in [1.54, 1.807) is 27.3 Å². The van der Waals surface area contributed by atoms with E-state index in [4.69, 9.17) is 28.9 Å². The van der Waals surface area contributed by atoms with Gasteiger partial charge in [0.15, 0.2) is 0 Å². The van der Waals surface area contributed by atoms with Gasteiger partial charge in [-0.15, -0.1) is 11.3 Å². The highest BCUT2D eigenvalue weighted by molar-refractivity contribution is 7.13. The molecule has 1 fully saturated rings. The minimum Gasteiger partial charge on any atom is -0.351 e. The van der Waals surface area contributed by atoms with E-state index in [0.29, 0.717) is 53.3 Å². The van der Waals surface area contributed by atoms with Gasteiger partial charge in [-0.3, -0.25) is 4.79 Å². The summed E-state index contributed by atoms with van der Waals surface area (Å²) < 4.78 is 0. The van der Waals surface area contributed by atoms with Crippen LogP contribution < -0.4 is 5.73 Å². The Bertz CT molecular complexity index is 811. The second kappa shape index (κ2) is 7.59. The third-order valence-corrected chi connectivity index (χ3v) is 5.62. The Balaban J connectivity index is 1.74. The largest absolute Gasteiger partial charge is 0.351 e. The summed E-state index contributed by atoms with van der Waals surface area (Å²) in [6, 6.07) is 4.80. The number of thiazole rings is 1. The molecule has 1 aromatic carbocycles. The molecule has 1 aliphatic heterocycles. The van der Waals surface area contributed by atoms with E-state index in [2.05, 4.69) is 4.98 Å². The number of carbonyl (C=O) groups excluding carboxylic acids is 2. The highest BCUT2D eigenvalue weighted by atomic mass is 35.5. The number of carbonyl (C=O) groups is 2. The molecule has 1 aliphatic rings. The Labute approximate surface area is 159 Å². The van der Waals surface area contributed by atoms with Crippen LogP contribution in [0.4, 0.5) is 4.79 Å². The average molecular weight is 399 g/mol. The maximum absolute atomic E-state index is 12.7. The van der Waals surface area contributed by atoms with Crippen LogP contribution in [-0.4, -0.2) is 52.9 Å². The van der Waals surface area contributed by atoms with Crippen molar-refractivity contribution < 1.29 is 9.59 Å². The van der Waals surface area contributed by atoms with Gasteiger partial charge >= 0.3 is 6.03 Å². The lowest BCUT2D eigenvalue weighted by Gasteiger charge is -2.20. The van der Waals surface area contributed by atoms with Crippen molar-refractivity contribution in [1.82, 2.24) is 14.8 Å². The third kappa shape index (κ3) is 4.05. The van der Waals surface area contributed by atoms with E-state index in [9.17, 15) is 9.59 Å². The summed E-state index contributed by atoms with van der Waals surface area (Å²) >= 11 is 13.3. The fourth-order valence-corrected chi connectivity index (χ4v) is 3.73. The molecule has 0 bridgehead atoms. The number of hydrogen-bond donors (Lipinski definition) is 1. The maximum Gasteiger partial charge on any atom is 0.314 e. The summed E-state index contributed by atoms with van der Waals surface area (Å²) in [5.41, 5.74) is 6.51. The van der Waals surface area contributed by atoms with Crippen LogP contribution in [0.25, 0.3) is 10.6 Å². The summed E-state index contributed by atoms with van der Waals surface area (Å²) in [5.74, 6) is -0.145. The van der Waals surface area contributed by atoms with E-state index < -0.39 is 6.03 Å².